The number of nitrogens with zero attached hydrogens (tertiary/aromatic N) is 1. The van der Waals surface area contributed by atoms with Gasteiger partial charge in [0.15, 0.2) is 0 Å². The maximum atomic E-state index is 13.1. The van der Waals surface area contributed by atoms with E-state index in [0.29, 0.717) is 17.2 Å². The molecule has 1 aliphatic rings. The lowest BCUT2D eigenvalue weighted by Gasteiger charge is -2.33. The molecule has 0 unspecified atom stereocenters. The van der Waals surface area contributed by atoms with Gasteiger partial charge in [-0.05, 0) is 68.9 Å². The van der Waals surface area contributed by atoms with Crippen LogP contribution in [0.25, 0.3) is 0 Å². The second-order valence-corrected chi connectivity index (χ2v) is 9.82. The van der Waals surface area contributed by atoms with E-state index >= 15 is 0 Å². The first-order valence-electron chi connectivity index (χ1n) is 10.3. The predicted molar refractivity (Wildman–Crippen MR) is 118 cm³/mol. The number of methoxy groups -OCH3 is 1. The zero-order valence-electron chi connectivity index (χ0n) is 18.0. The van der Waals surface area contributed by atoms with Gasteiger partial charge in [-0.3, -0.25) is 9.52 Å². The molecular formula is C23H30N2O4S. The number of carbonyl (C=O) groups excluding carboxylic acids is 1. The number of aryl methyl sites for hydroxylation is 1. The third kappa shape index (κ3) is 4.95. The summed E-state index contributed by atoms with van der Waals surface area (Å²) in [6, 6.07) is 11.8. The maximum absolute atomic E-state index is 13.1. The Hall–Kier alpha value is -2.54. The molecule has 0 radical (unpaired) electrons. The molecule has 30 heavy (non-hydrogen) atoms. The molecule has 1 N–H and O–H groups in total. The molecule has 1 aliphatic carbocycles. The summed E-state index contributed by atoms with van der Waals surface area (Å²) < 4.78 is 33.9. The maximum Gasteiger partial charge on any atom is 0.265 e. The predicted octanol–water partition coefficient (Wildman–Crippen LogP) is 4.46. The van der Waals surface area contributed by atoms with E-state index in [0.717, 1.165) is 31.2 Å². The highest BCUT2D eigenvalue weighted by molar-refractivity contribution is 7.92. The van der Waals surface area contributed by atoms with Gasteiger partial charge in [-0.2, -0.15) is 0 Å². The SMILES string of the molecule is COc1ccc(C(=O)N(C)C2CCC(C)CC2)cc1S(=O)(=O)Nc1ccc(C)cc1. The molecule has 1 saturated carbocycles. The van der Waals surface area contributed by atoms with Crippen molar-refractivity contribution in [3.8, 4) is 5.75 Å². The number of amides is 1. The molecule has 1 fully saturated rings. The molecule has 6 nitrogen and oxygen atoms in total. The van der Waals surface area contributed by atoms with E-state index in [9.17, 15) is 13.2 Å². The molecule has 0 atom stereocenters. The quantitative estimate of drug-likeness (QED) is 0.734. The Labute approximate surface area is 179 Å². The summed E-state index contributed by atoms with van der Waals surface area (Å²) in [5, 5.41) is 0. The smallest absolute Gasteiger partial charge is 0.265 e. The summed E-state index contributed by atoms with van der Waals surface area (Å²) in [4.78, 5) is 14.8. The monoisotopic (exact) mass is 430 g/mol. The fourth-order valence-electron chi connectivity index (χ4n) is 3.85. The molecule has 0 heterocycles. The van der Waals surface area contributed by atoms with Gasteiger partial charge in [0.05, 0.1) is 7.11 Å². The van der Waals surface area contributed by atoms with Crippen molar-refractivity contribution in [1.29, 1.82) is 0 Å². The lowest BCUT2D eigenvalue weighted by atomic mass is 9.86. The minimum absolute atomic E-state index is 0.0536. The van der Waals surface area contributed by atoms with Gasteiger partial charge in [-0.15, -0.1) is 0 Å². The zero-order valence-corrected chi connectivity index (χ0v) is 18.8. The highest BCUT2D eigenvalue weighted by atomic mass is 32.2. The van der Waals surface area contributed by atoms with Crippen LogP contribution in [0.1, 0.15) is 48.5 Å². The Morgan fingerprint density at radius 3 is 2.30 bits per heavy atom. The van der Waals surface area contributed by atoms with Crippen LogP contribution in [-0.2, 0) is 10.0 Å². The van der Waals surface area contributed by atoms with Crippen LogP contribution in [-0.4, -0.2) is 39.4 Å². The molecule has 2 aromatic carbocycles. The summed E-state index contributed by atoms with van der Waals surface area (Å²) in [6.07, 6.45) is 4.15. The van der Waals surface area contributed by atoms with Crippen molar-refractivity contribution in [2.75, 3.05) is 18.9 Å². The first-order chi connectivity index (χ1) is 14.2. The molecule has 0 bridgehead atoms. The van der Waals surface area contributed by atoms with E-state index in [4.69, 9.17) is 4.74 Å². The Kier molecular flexibility index (Phi) is 6.71. The van der Waals surface area contributed by atoms with Crippen LogP contribution < -0.4 is 9.46 Å². The van der Waals surface area contributed by atoms with Gasteiger partial charge in [0.1, 0.15) is 10.6 Å². The fraction of sp³-hybridized carbons (Fsp3) is 0.435. The van der Waals surface area contributed by atoms with E-state index in [1.54, 1.807) is 30.1 Å². The van der Waals surface area contributed by atoms with E-state index < -0.39 is 10.0 Å². The van der Waals surface area contributed by atoms with Crippen LogP contribution in [0, 0.1) is 12.8 Å². The first-order valence-corrected chi connectivity index (χ1v) is 11.7. The van der Waals surface area contributed by atoms with Crippen molar-refractivity contribution in [2.24, 2.45) is 5.92 Å². The number of nitrogens with one attached hydrogen (secondary N) is 1. The van der Waals surface area contributed by atoms with Crippen LogP contribution in [0.3, 0.4) is 0 Å². The first kappa shape index (κ1) is 22.2. The van der Waals surface area contributed by atoms with Gasteiger partial charge >= 0.3 is 0 Å². The van der Waals surface area contributed by atoms with Crippen molar-refractivity contribution in [1.82, 2.24) is 4.90 Å². The van der Waals surface area contributed by atoms with Gasteiger partial charge in [0.25, 0.3) is 15.9 Å². The molecule has 162 valence electrons. The standard InChI is InChI=1S/C23H30N2O4S/c1-16-5-10-19(11-6-16)24-30(27,28)22-15-18(9-14-21(22)29-4)23(26)25(3)20-12-7-17(2)8-13-20/h5-6,9-11,14-15,17,20,24H,7-8,12-13H2,1-4H3. The number of ether oxygens (including phenoxy) is 1. The third-order valence-corrected chi connectivity index (χ3v) is 7.26. The second-order valence-electron chi connectivity index (χ2n) is 8.17. The summed E-state index contributed by atoms with van der Waals surface area (Å²) >= 11 is 0. The molecule has 0 aliphatic heterocycles. The largest absolute Gasteiger partial charge is 0.495 e. The van der Waals surface area contributed by atoms with Crippen molar-refractivity contribution in [3.63, 3.8) is 0 Å². The fourth-order valence-corrected chi connectivity index (χ4v) is 5.11. The Morgan fingerprint density at radius 2 is 1.70 bits per heavy atom. The van der Waals surface area contributed by atoms with Gasteiger partial charge in [-0.25, -0.2) is 8.42 Å². The Morgan fingerprint density at radius 1 is 1.07 bits per heavy atom. The van der Waals surface area contributed by atoms with Crippen molar-refractivity contribution in [3.05, 3.63) is 53.6 Å². The van der Waals surface area contributed by atoms with Crippen LogP contribution in [0.15, 0.2) is 47.4 Å². The van der Waals surface area contributed by atoms with E-state index in [1.807, 2.05) is 19.1 Å². The molecule has 0 aromatic heterocycles. The average Bonchev–Trinajstić information content (AvgIpc) is 2.74. The number of sulfonamides is 1. The lowest BCUT2D eigenvalue weighted by molar-refractivity contribution is 0.0679. The van der Waals surface area contributed by atoms with Crippen molar-refractivity contribution < 1.29 is 17.9 Å². The van der Waals surface area contributed by atoms with Crippen molar-refractivity contribution in [2.45, 2.75) is 50.5 Å². The minimum Gasteiger partial charge on any atom is -0.495 e. The van der Waals surface area contributed by atoms with E-state index in [1.165, 1.54) is 19.2 Å². The highest BCUT2D eigenvalue weighted by Crippen LogP contribution is 2.30. The topological polar surface area (TPSA) is 75.7 Å². The molecule has 0 saturated heterocycles. The molecular weight excluding hydrogens is 400 g/mol. The van der Waals surface area contributed by atoms with Gasteiger partial charge in [-0.1, -0.05) is 24.6 Å². The number of anilines is 1. The normalized spacial score (nSPS) is 19.2. The third-order valence-electron chi connectivity index (χ3n) is 5.86. The number of carbonyl (C=O) groups is 1. The number of hydrogen-bond donors (Lipinski definition) is 1. The Bertz CT molecular complexity index is 994. The van der Waals surface area contributed by atoms with Gasteiger partial charge in [0, 0.05) is 24.3 Å². The molecule has 3 rings (SSSR count). The summed E-state index contributed by atoms with van der Waals surface area (Å²) in [6.45, 7) is 4.17. The summed E-state index contributed by atoms with van der Waals surface area (Å²) in [7, 11) is -0.717. The Balaban J connectivity index is 1.87. The van der Waals surface area contributed by atoms with Crippen LogP contribution in [0.4, 0.5) is 5.69 Å². The average molecular weight is 431 g/mol. The van der Waals surface area contributed by atoms with Gasteiger partial charge < -0.3 is 9.64 Å². The molecule has 7 heteroatoms. The van der Waals surface area contributed by atoms with E-state index in [-0.39, 0.29) is 22.6 Å². The lowest BCUT2D eigenvalue weighted by Crippen LogP contribution is -2.39. The van der Waals surface area contributed by atoms with Crippen LogP contribution in [0.2, 0.25) is 0 Å². The molecule has 2 aromatic rings. The van der Waals surface area contributed by atoms with E-state index in [2.05, 4.69) is 11.6 Å². The van der Waals surface area contributed by atoms with Crippen LogP contribution >= 0.6 is 0 Å². The number of hydrogen-bond acceptors (Lipinski definition) is 4. The molecule has 0 spiro atoms. The molecule has 1 amide bonds. The van der Waals surface area contributed by atoms with Crippen LogP contribution in [0.5, 0.6) is 5.75 Å². The highest BCUT2D eigenvalue weighted by Gasteiger charge is 2.27. The summed E-state index contributed by atoms with van der Waals surface area (Å²) in [5.74, 6) is 0.708. The zero-order chi connectivity index (χ0) is 21.9. The minimum atomic E-state index is -3.93. The van der Waals surface area contributed by atoms with Crippen molar-refractivity contribution >= 4 is 21.6 Å². The number of rotatable bonds is 6. The summed E-state index contributed by atoms with van der Waals surface area (Å²) in [5.41, 5.74) is 1.82. The van der Waals surface area contributed by atoms with Gasteiger partial charge in [0.2, 0.25) is 0 Å². The number of benzene rings is 2. The second kappa shape index (κ2) is 9.08.